The van der Waals surface area contributed by atoms with Gasteiger partial charge in [0.15, 0.2) is 0 Å². The second-order valence-electron chi connectivity index (χ2n) is 4.40. The molecule has 1 saturated heterocycles. The van der Waals surface area contributed by atoms with Gasteiger partial charge in [0.2, 0.25) is 0 Å². The van der Waals surface area contributed by atoms with E-state index in [9.17, 15) is 0 Å². The van der Waals surface area contributed by atoms with Crippen molar-refractivity contribution in [1.29, 1.82) is 0 Å². The molecule has 2 heterocycles. The number of rotatable bonds is 3. The normalized spacial score (nSPS) is 27.4. The first-order valence-electron chi connectivity index (χ1n) is 5.68. The number of hydrogen-bond donors (Lipinski definition) is 0. The van der Waals surface area contributed by atoms with Gasteiger partial charge in [-0.2, -0.15) is 0 Å². The molecule has 0 aliphatic carbocycles. The van der Waals surface area contributed by atoms with Gasteiger partial charge in [-0.15, -0.1) is 11.3 Å². The molecule has 2 unspecified atom stereocenters. The molecule has 15 heavy (non-hydrogen) atoms. The van der Waals surface area contributed by atoms with Crippen LogP contribution in [0.1, 0.15) is 31.6 Å². The molecule has 0 spiro atoms. The van der Waals surface area contributed by atoms with Gasteiger partial charge in [-0.1, -0.05) is 13.8 Å². The summed E-state index contributed by atoms with van der Waals surface area (Å²) in [5, 5.41) is 2.17. The summed E-state index contributed by atoms with van der Waals surface area (Å²) < 4.78 is 1.28. The summed E-state index contributed by atoms with van der Waals surface area (Å²) in [5.41, 5.74) is 0. The third-order valence-corrected chi connectivity index (χ3v) is 5.36. The Labute approximate surface area is 105 Å². The Morgan fingerprint density at radius 1 is 1.60 bits per heavy atom. The summed E-state index contributed by atoms with van der Waals surface area (Å²) in [4.78, 5) is 4.11. The molecular formula is C12H18BrNS. The van der Waals surface area contributed by atoms with Crippen LogP contribution in [-0.4, -0.2) is 17.5 Å². The quantitative estimate of drug-likeness (QED) is 0.808. The van der Waals surface area contributed by atoms with Crippen LogP contribution in [0.15, 0.2) is 15.9 Å². The van der Waals surface area contributed by atoms with Crippen molar-refractivity contribution in [3.8, 4) is 0 Å². The Morgan fingerprint density at radius 3 is 3.00 bits per heavy atom. The summed E-state index contributed by atoms with van der Waals surface area (Å²) in [7, 11) is 0. The lowest BCUT2D eigenvalue weighted by molar-refractivity contribution is 0.218. The van der Waals surface area contributed by atoms with E-state index in [1.807, 2.05) is 11.3 Å². The van der Waals surface area contributed by atoms with Crippen molar-refractivity contribution in [3.05, 3.63) is 20.8 Å². The maximum atomic E-state index is 3.61. The Morgan fingerprint density at radius 2 is 2.40 bits per heavy atom. The summed E-state index contributed by atoms with van der Waals surface area (Å²) >= 11 is 5.48. The van der Waals surface area contributed by atoms with Gasteiger partial charge in [-0.3, -0.25) is 4.90 Å². The average Bonchev–Trinajstić information content (AvgIpc) is 2.76. The van der Waals surface area contributed by atoms with Gasteiger partial charge in [-0.25, -0.2) is 0 Å². The number of hydrogen-bond acceptors (Lipinski definition) is 2. The minimum atomic E-state index is 0.791. The molecule has 0 amide bonds. The molecule has 1 aromatic rings. The highest BCUT2D eigenvalue weighted by atomic mass is 79.9. The van der Waals surface area contributed by atoms with Crippen LogP contribution in [0.25, 0.3) is 0 Å². The smallest absolute Gasteiger partial charge is 0.0342 e. The molecule has 0 saturated carbocycles. The van der Waals surface area contributed by atoms with Crippen LogP contribution in [-0.2, 0) is 6.54 Å². The Hall–Kier alpha value is 0.140. The molecule has 1 aliphatic heterocycles. The van der Waals surface area contributed by atoms with Gasteiger partial charge < -0.3 is 0 Å². The summed E-state index contributed by atoms with van der Waals surface area (Å²) in [6, 6.07) is 2.94. The first-order valence-corrected chi connectivity index (χ1v) is 7.35. The monoisotopic (exact) mass is 287 g/mol. The second kappa shape index (κ2) is 4.98. The van der Waals surface area contributed by atoms with Gasteiger partial charge in [-0.05, 0) is 52.7 Å². The standard InChI is InChI=1S/C12H18BrNS/c1-3-11-9(2)4-6-14(11)8-12-10(13)5-7-15-12/h5,7,9,11H,3-4,6,8H2,1-2H3. The van der Waals surface area contributed by atoms with Crippen molar-refractivity contribution in [2.75, 3.05) is 6.54 Å². The number of likely N-dealkylation sites (tertiary alicyclic amines) is 1. The van der Waals surface area contributed by atoms with Crippen molar-refractivity contribution < 1.29 is 0 Å². The molecule has 2 atom stereocenters. The van der Waals surface area contributed by atoms with E-state index >= 15 is 0 Å². The highest BCUT2D eigenvalue weighted by molar-refractivity contribution is 9.10. The van der Waals surface area contributed by atoms with Crippen LogP contribution in [0.5, 0.6) is 0 Å². The zero-order valence-corrected chi connectivity index (χ0v) is 11.8. The van der Waals surface area contributed by atoms with Crippen LogP contribution >= 0.6 is 27.3 Å². The van der Waals surface area contributed by atoms with E-state index in [2.05, 4.69) is 46.1 Å². The molecule has 0 N–H and O–H groups in total. The molecule has 1 fully saturated rings. The molecule has 2 rings (SSSR count). The highest BCUT2D eigenvalue weighted by Crippen LogP contribution is 2.31. The van der Waals surface area contributed by atoms with E-state index in [0.717, 1.165) is 18.5 Å². The molecule has 0 aromatic carbocycles. The van der Waals surface area contributed by atoms with Crippen molar-refractivity contribution >= 4 is 27.3 Å². The van der Waals surface area contributed by atoms with Crippen LogP contribution < -0.4 is 0 Å². The summed E-state index contributed by atoms with van der Waals surface area (Å²) in [5.74, 6) is 0.869. The topological polar surface area (TPSA) is 3.24 Å². The van der Waals surface area contributed by atoms with Crippen molar-refractivity contribution in [1.82, 2.24) is 4.90 Å². The Bertz CT molecular complexity index is 323. The van der Waals surface area contributed by atoms with Crippen LogP contribution in [0.3, 0.4) is 0 Å². The average molecular weight is 288 g/mol. The van der Waals surface area contributed by atoms with Gasteiger partial charge in [0, 0.05) is 21.9 Å². The van der Waals surface area contributed by atoms with Crippen LogP contribution in [0.4, 0.5) is 0 Å². The fourth-order valence-corrected chi connectivity index (χ4v) is 4.07. The van der Waals surface area contributed by atoms with E-state index < -0.39 is 0 Å². The summed E-state index contributed by atoms with van der Waals surface area (Å²) in [6.07, 6.45) is 2.64. The van der Waals surface area contributed by atoms with Crippen molar-refractivity contribution in [2.45, 2.75) is 39.3 Å². The van der Waals surface area contributed by atoms with E-state index in [4.69, 9.17) is 0 Å². The lowest BCUT2D eigenvalue weighted by Crippen LogP contribution is -2.30. The van der Waals surface area contributed by atoms with E-state index in [1.165, 1.54) is 28.7 Å². The Kier molecular flexibility index (Phi) is 3.86. The number of thiophene rings is 1. The van der Waals surface area contributed by atoms with Gasteiger partial charge >= 0.3 is 0 Å². The third kappa shape index (κ3) is 2.45. The molecule has 3 heteroatoms. The van der Waals surface area contributed by atoms with E-state index in [-0.39, 0.29) is 0 Å². The predicted octanol–water partition coefficient (Wildman–Crippen LogP) is 4.13. The third-order valence-electron chi connectivity index (χ3n) is 3.45. The minimum absolute atomic E-state index is 0.791. The molecule has 84 valence electrons. The van der Waals surface area contributed by atoms with E-state index in [1.54, 1.807) is 0 Å². The Balaban J connectivity index is 2.03. The maximum Gasteiger partial charge on any atom is 0.0342 e. The number of halogens is 1. The lowest BCUT2D eigenvalue weighted by Gasteiger charge is -2.25. The molecule has 1 aromatic heterocycles. The first-order chi connectivity index (χ1) is 7.22. The fraction of sp³-hybridized carbons (Fsp3) is 0.667. The predicted molar refractivity (Wildman–Crippen MR) is 70.3 cm³/mol. The van der Waals surface area contributed by atoms with Crippen LogP contribution in [0, 0.1) is 5.92 Å². The fourth-order valence-electron chi connectivity index (χ4n) is 2.57. The summed E-state index contributed by atoms with van der Waals surface area (Å²) in [6.45, 7) is 7.09. The lowest BCUT2D eigenvalue weighted by atomic mass is 10.0. The zero-order valence-electron chi connectivity index (χ0n) is 9.37. The molecule has 0 bridgehead atoms. The molecule has 0 radical (unpaired) electrons. The minimum Gasteiger partial charge on any atom is -0.295 e. The largest absolute Gasteiger partial charge is 0.295 e. The van der Waals surface area contributed by atoms with Crippen molar-refractivity contribution in [2.24, 2.45) is 5.92 Å². The number of nitrogens with zero attached hydrogens (tertiary/aromatic N) is 1. The maximum absolute atomic E-state index is 3.61. The molecule has 1 nitrogen and oxygen atoms in total. The van der Waals surface area contributed by atoms with Gasteiger partial charge in [0.1, 0.15) is 0 Å². The molecule has 1 aliphatic rings. The molecular weight excluding hydrogens is 270 g/mol. The SMILES string of the molecule is CCC1C(C)CCN1Cc1sccc1Br. The van der Waals surface area contributed by atoms with Gasteiger partial charge in [0.25, 0.3) is 0 Å². The van der Waals surface area contributed by atoms with Gasteiger partial charge in [0.05, 0.1) is 0 Å². The zero-order chi connectivity index (χ0) is 10.8. The first kappa shape index (κ1) is 11.6. The van der Waals surface area contributed by atoms with Crippen LogP contribution in [0.2, 0.25) is 0 Å². The second-order valence-corrected chi connectivity index (χ2v) is 6.26. The van der Waals surface area contributed by atoms with E-state index in [0.29, 0.717) is 0 Å². The highest BCUT2D eigenvalue weighted by Gasteiger charge is 2.29. The van der Waals surface area contributed by atoms with Crippen molar-refractivity contribution in [3.63, 3.8) is 0 Å².